The summed E-state index contributed by atoms with van der Waals surface area (Å²) in [4.78, 5) is 38.5. The summed E-state index contributed by atoms with van der Waals surface area (Å²) in [5.74, 6) is -0.951. The molecule has 4 aromatic rings. The molecule has 5 heterocycles. The fourth-order valence-corrected chi connectivity index (χ4v) is 15.7. The molecule has 0 radical (unpaired) electrons. The number of nitrogen functional groups attached to an aromatic ring is 1. The van der Waals surface area contributed by atoms with Crippen LogP contribution in [-0.2, 0) is 30.6 Å². The summed E-state index contributed by atoms with van der Waals surface area (Å²) >= 11 is 1.32. The van der Waals surface area contributed by atoms with E-state index in [4.69, 9.17) is 39.8 Å². The molecule has 0 amide bonds. The lowest BCUT2D eigenvalue weighted by atomic mass is 9.72. The quantitative estimate of drug-likeness (QED) is 0.0857. The second-order valence-corrected chi connectivity index (χ2v) is 23.2. The number of fused-ring (bicyclic) bond motifs is 2. The van der Waals surface area contributed by atoms with Crippen LogP contribution in [-0.4, -0.2) is 104 Å². The van der Waals surface area contributed by atoms with Gasteiger partial charge in [-0.3, -0.25) is 10.3 Å². The van der Waals surface area contributed by atoms with Gasteiger partial charge in [0, 0.05) is 36.5 Å². The van der Waals surface area contributed by atoms with Crippen molar-refractivity contribution in [3.63, 3.8) is 0 Å². The minimum atomic E-state index is -2.98. The van der Waals surface area contributed by atoms with Gasteiger partial charge in [0.15, 0.2) is 5.84 Å². The summed E-state index contributed by atoms with van der Waals surface area (Å²) < 4.78 is 34.8. The van der Waals surface area contributed by atoms with Crippen LogP contribution in [0.5, 0.6) is 6.01 Å². The van der Waals surface area contributed by atoms with Gasteiger partial charge in [0.2, 0.25) is 11.8 Å². The molecule has 0 unspecified atom stereocenters. The molecule has 4 N–H and O–H groups in total. The first-order chi connectivity index (χ1) is 29.3. The Hall–Kier alpha value is -4.99. The lowest BCUT2D eigenvalue weighted by Crippen LogP contribution is -2.68. The lowest BCUT2D eigenvalue weighted by Gasteiger charge is -2.45. The highest BCUT2D eigenvalue weighted by atomic mass is 32.1. The van der Waals surface area contributed by atoms with Crippen LogP contribution < -0.4 is 31.2 Å². The summed E-state index contributed by atoms with van der Waals surface area (Å²) in [6, 6.07) is 23.0. The average molecular weight is 868 g/mol. The lowest BCUT2D eigenvalue weighted by molar-refractivity contribution is -0.155. The van der Waals surface area contributed by atoms with Gasteiger partial charge in [-0.1, -0.05) is 81.4 Å². The molecule has 17 heteroatoms. The third-order valence-corrected chi connectivity index (χ3v) is 19.0. The number of nitrogens with two attached hydrogens (primary N) is 1. The third kappa shape index (κ3) is 8.11. The number of thiophene rings is 1. The molecular formula is C44H54FN9O5SSi. The molecule has 0 bridgehead atoms. The van der Waals surface area contributed by atoms with Gasteiger partial charge >= 0.3 is 12.0 Å². The Bertz CT molecular complexity index is 2250. The first-order valence-corrected chi connectivity index (χ1v) is 23.8. The molecule has 2 aromatic heterocycles. The summed E-state index contributed by atoms with van der Waals surface area (Å²) in [6.45, 7) is 11.2. The standard InChI is InChI=1S/C44H54FN9O5SSi/c1-42(2,3)61(31-13-7-5-8-14-31,32-15-9-6-10-16-32)59-30-26-53(21-22-56-27-30)40-49-38(50-41(51-40)57-28-44-19-12-20-54(44)25-29(45)23-44)36(47)52-58-39(55)43(4)18-11-17-34-35(43)33(24-46)37(48)60-34/h5-10,13-16,29-30H,11-12,17-23,25-28,48H2,1-4H3,(H2,47,52)/t29-,30-,43+,44+/m1/s1. The molecule has 0 saturated carbocycles. The van der Waals surface area contributed by atoms with Crippen LogP contribution in [0.15, 0.2) is 60.7 Å². The van der Waals surface area contributed by atoms with E-state index in [0.29, 0.717) is 74.7 Å². The van der Waals surface area contributed by atoms with Crippen molar-refractivity contribution < 1.29 is 27.9 Å². The molecule has 3 aliphatic heterocycles. The van der Waals surface area contributed by atoms with Gasteiger partial charge < -0.3 is 29.4 Å². The van der Waals surface area contributed by atoms with Crippen LogP contribution in [0.4, 0.5) is 15.3 Å². The minimum Gasteiger partial charge on any atom is -0.461 e. The number of benzene rings is 2. The third-order valence-electron chi connectivity index (χ3n) is 12.8. The number of hydrogen-bond donors (Lipinski definition) is 3. The van der Waals surface area contributed by atoms with Crippen LogP contribution in [0.2, 0.25) is 5.04 Å². The average Bonchev–Trinajstić information content (AvgIpc) is 3.83. The second-order valence-electron chi connectivity index (χ2n) is 17.8. The van der Waals surface area contributed by atoms with E-state index in [1.807, 2.05) is 17.0 Å². The number of nitrogens with zero attached hydrogens (tertiary/aromatic N) is 6. The highest BCUT2D eigenvalue weighted by Crippen LogP contribution is 2.46. The molecule has 322 valence electrons. The number of carbonyl (C=O) groups is 1. The van der Waals surface area contributed by atoms with E-state index in [-0.39, 0.29) is 29.4 Å². The molecule has 14 nitrogen and oxygen atoms in total. The summed E-state index contributed by atoms with van der Waals surface area (Å²) in [7, 11) is -2.98. The summed E-state index contributed by atoms with van der Waals surface area (Å²) in [5, 5.41) is 21.3. The molecule has 3 saturated heterocycles. The van der Waals surface area contributed by atoms with Crippen LogP contribution in [0, 0.1) is 16.7 Å². The monoisotopic (exact) mass is 867 g/mol. The van der Waals surface area contributed by atoms with E-state index >= 15 is 0 Å². The normalized spacial score (nSPS) is 24.3. The largest absolute Gasteiger partial charge is 0.461 e. The zero-order valence-electron chi connectivity index (χ0n) is 35.2. The molecule has 3 fully saturated rings. The van der Waals surface area contributed by atoms with Gasteiger partial charge in [0.05, 0.1) is 35.8 Å². The van der Waals surface area contributed by atoms with Gasteiger partial charge in [-0.05, 0) is 61.0 Å². The number of nitrogens with one attached hydrogen (secondary N) is 2. The number of amidine groups is 1. The molecule has 4 aliphatic rings. The van der Waals surface area contributed by atoms with E-state index in [1.54, 1.807) is 6.92 Å². The number of anilines is 2. The molecule has 0 spiro atoms. The zero-order chi connectivity index (χ0) is 43.0. The van der Waals surface area contributed by atoms with E-state index in [1.165, 1.54) is 11.3 Å². The number of hydroxylamine groups is 1. The molecule has 2 aromatic carbocycles. The van der Waals surface area contributed by atoms with Crippen molar-refractivity contribution in [3.05, 3.63) is 82.5 Å². The van der Waals surface area contributed by atoms with E-state index < -0.39 is 43.4 Å². The summed E-state index contributed by atoms with van der Waals surface area (Å²) in [5.41, 5.74) is 7.92. The Balaban J connectivity index is 1.09. The van der Waals surface area contributed by atoms with Gasteiger partial charge in [0.25, 0.3) is 8.32 Å². The van der Waals surface area contributed by atoms with Crippen molar-refractivity contribution >= 4 is 52.8 Å². The van der Waals surface area contributed by atoms with Gasteiger partial charge in [-0.25, -0.2) is 9.18 Å². The maximum atomic E-state index is 14.7. The topological polar surface area (TPSA) is 185 Å². The SMILES string of the molecule is CC(C)(C)[Si](O[C@H]1COCCN(c2nc(OC[C@@]34CCCN3C[C@H](F)C4)nc(C(=N)NOC(=O)[C@@]3(C)CCCc4sc(N)c(C#N)c43)n2)C1)(c1ccccc1)c1ccccc1. The maximum absolute atomic E-state index is 14.7. The van der Waals surface area contributed by atoms with Crippen molar-refractivity contribution in [1.82, 2.24) is 25.3 Å². The zero-order valence-corrected chi connectivity index (χ0v) is 37.0. The fraction of sp³-hybridized carbons (Fsp3) is 0.500. The highest BCUT2D eigenvalue weighted by molar-refractivity contribution is 7.16. The number of ether oxygens (including phenoxy) is 2. The molecule has 1 aliphatic carbocycles. The first-order valence-electron chi connectivity index (χ1n) is 21.0. The van der Waals surface area contributed by atoms with E-state index in [2.05, 4.69) is 90.7 Å². The number of aryl methyl sites for hydroxylation is 1. The van der Waals surface area contributed by atoms with Crippen molar-refractivity contribution in [2.24, 2.45) is 0 Å². The van der Waals surface area contributed by atoms with Crippen molar-refractivity contribution in [2.45, 2.75) is 94.5 Å². The van der Waals surface area contributed by atoms with Crippen LogP contribution >= 0.6 is 11.3 Å². The maximum Gasteiger partial charge on any atom is 0.342 e. The molecular weight excluding hydrogens is 814 g/mol. The smallest absolute Gasteiger partial charge is 0.342 e. The number of halogens is 1. The number of aromatic nitrogens is 3. The van der Waals surface area contributed by atoms with Crippen molar-refractivity contribution in [3.8, 4) is 12.1 Å². The van der Waals surface area contributed by atoms with Crippen molar-refractivity contribution in [1.29, 1.82) is 10.7 Å². The predicted octanol–water partition coefficient (Wildman–Crippen LogP) is 4.79. The Morgan fingerprint density at radius 3 is 2.49 bits per heavy atom. The van der Waals surface area contributed by atoms with Crippen LogP contribution in [0.1, 0.15) is 81.6 Å². The van der Waals surface area contributed by atoms with E-state index in [0.717, 1.165) is 34.6 Å². The van der Waals surface area contributed by atoms with E-state index in [9.17, 15) is 14.4 Å². The Morgan fingerprint density at radius 1 is 1.08 bits per heavy atom. The second kappa shape index (κ2) is 17.0. The predicted molar refractivity (Wildman–Crippen MR) is 234 cm³/mol. The van der Waals surface area contributed by atoms with Gasteiger partial charge in [0.1, 0.15) is 23.8 Å². The Morgan fingerprint density at radius 2 is 1.80 bits per heavy atom. The molecule has 8 rings (SSSR count). The Labute approximate surface area is 361 Å². The van der Waals surface area contributed by atoms with Gasteiger partial charge in [-0.2, -0.15) is 25.7 Å². The molecule has 4 atom stereocenters. The highest BCUT2D eigenvalue weighted by Gasteiger charge is 2.52. The van der Waals surface area contributed by atoms with Crippen LogP contribution in [0.25, 0.3) is 0 Å². The molecule has 61 heavy (non-hydrogen) atoms. The fourth-order valence-electron chi connectivity index (χ4n) is 9.84. The summed E-state index contributed by atoms with van der Waals surface area (Å²) in [6.07, 6.45) is 2.61. The number of rotatable bonds is 10. The number of nitriles is 1. The van der Waals surface area contributed by atoms with Crippen molar-refractivity contribution in [2.75, 3.05) is 56.6 Å². The first kappa shape index (κ1) is 42.7. The number of hydrogen-bond acceptors (Lipinski definition) is 14. The van der Waals surface area contributed by atoms with Crippen LogP contribution in [0.3, 0.4) is 0 Å². The van der Waals surface area contributed by atoms with Gasteiger partial charge in [-0.15, -0.1) is 11.3 Å². The minimum absolute atomic E-state index is 0.0349. The number of carbonyl (C=O) groups excluding carboxylic acids is 1. The number of alkyl halides is 1. The Kier molecular flexibility index (Phi) is 11.9.